The maximum atomic E-state index is 5.49. The second-order valence-electron chi connectivity index (χ2n) is 6.13. The van der Waals surface area contributed by atoms with Gasteiger partial charge in [0.1, 0.15) is 5.82 Å². The number of ether oxygens (including phenoxy) is 2. The highest BCUT2D eigenvalue weighted by Crippen LogP contribution is 2.29. The van der Waals surface area contributed by atoms with Crippen LogP contribution in [0.5, 0.6) is 5.88 Å². The minimum atomic E-state index is 0.592. The van der Waals surface area contributed by atoms with Crippen LogP contribution < -0.4 is 9.64 Å². The molecule has 0 radical (unpaired) electrons. The van der Waals surface area contributed by atoms with Crippen molar-refractivity contribution in [3.05, 3.63) is 60.4 Å². The summed E-state index contributed by atoms with van der Waals surface area (Å²) in [6.45, 7) is 3.44. The fourth-order valence-corrected chi connectivity index (χ4v) is 4.07. The Morgan fingerprint density at radius 1 is 1.11 bits per heavy atom. The van der Waals surface area contributed by atoms with Crippen molar-refractivity contribution in [1.82, 2.24) is 14.5 Å². The second kappa shape index (κ2) is 8.45. The molecule has 3 aromatic rings. The number of methoxy groups -OCH3 is 1. The van der Waals surface area contributed by atoms with Crippen molar-refractivity contribution < 1.29 is 9.47 Å². The van der Waals surface area contributed by atoms with Gasteiger partial charge in [0.2, 0.25) is 5.88 Å². The number of nitrogens with zero attached hydrogens (tertiary/aromatic N) is 4. The Labute approximate surface area is 163 Å². The molecular formula is C20H22N4O2S. The van der Waals surface area contributed by atoms with Gasteiger partial charge in [0.25, 0.3) is 0 Å². The van der Waals surface area contributed by atoms with Crippen molar-refractivity contribution in [2.45, 2.75) is 10.9 Å². The van der Waals surface area contributed by atoms with Crippen LogP contribution in [0, 0.1) is 0 Å². The molecule has 1 fully saturated rings. The minimum Gasteiger partial charge on any atom is -0.481 e. The highest BCUT2D eigenvalue weighted by atomic mass is 32.2. The molecule has 1 saturated heterocycles. The zero-order valence-electron chi connectivity index (χ0n) is 15.2. The zero-order valence-corrected chi connectivity index (χ0v) is 16.1. The van der Waals surface area contributed by atoms with E-state index in [1.807, 2.05) is 29.0 Å². The number of para-hydroxylation sites is 1. The molecule has 0 amide bonds. The summed E-state index contributed by atoms with van der Waals surface area (Å²) in [7, 11) is 1.62. The molecule has 3 heterocycles. The SMILES string of the molecule is COc1cccc(-n2ccnc2SCc2ccccc2N2CCOCC2)n1. The number of rotatable bonds is 6. The summed E-state index contributed by atoms with van der Waals surface area (Å²) in [6, 6.07) is 14.3. The Balaban J connectivity index is 1.53. The molecule has 0 aliphatic carbocycles. The monoisotopic (exact) mass is 382 g/mol. The van der Waals surface area contributed by atoms with Crippen LogP contribution >= 0.6 is 11.8 Å². The Morgan fingerprint density at radius 2 is 1.96 bits per heavy atom. The molecule has 0 saturated carbocycles. The lowest BCUT2D eigenvalue weighted by Gasteiger charge is -2.30. The van der Waals surface area contributed by atoms with Gasteiger partial charge in [-0.15, -0.1) is 0 Å². The van der Waals surface area contributed by atoms with Crippen LogP contribution in [0.3, 0.4) is 0 Å². The summed E-state index contributed by atoms with van der Waals surface area (Å²) in [5, 5.41) is 0.910. The number of hydrogen-bond donors (Lipinski definition) is 0. The van der Waals surface area contributed by atoms with E-state index in [1.54, 1.807) is 25.1 Å². The molecule has 0 spiro atoms. The molecule has 7 heteroatoms. The molecule has 4 rings (SSSR count). The fourth-order valence-electron chi connectivity index (χ4n) is 3.11. The second-order valence-corrected chi connectivity index (χ2v) is 7.08. The van der Waals surface area contributed by atoms with E-state index in [-0.39, 0.29) is 0 Å². The quantitative estimate of drug-likeness (QED) is 0.609. The van der Waals surface area contributed by atoms with Crippen molar-refractivity contribution in [2.75, 3.05) is 38.3 Å². The van der Waals surface area contributed by atoms with E-state index in [4.69, 9.17) is 9.47 Å². The molecule has 2 aromatic heterocycles. The van der Waals surface area contributed by atoms with Crippen LogP contribution in [0.25, 0.3) is 5.82 Å². The number of imidazole rings is 1. The first-order valence-corrected chi connectivity index (χ1v) is 9.92. The van der Waals surface area contributed by atoms with Crippen molar-refractivity contribution in [1.29, 1.82) is 0 Å². The van der Waals surface area contributed by atoms with Crippen LogP contribution in [-0.2, 0) is 10.5 Å². The zero-order chi connectivity index (χ0) is 18.5. The van der Waals surface area contributed by atoms with Gasteiger partial charge in [0.15, 0.2) is 5.16 Å². The van der Waals surface area contributed by atoms with Gasteiger partial charge in [-0.1, -0.05) is 36.0 Å². The Kier molecular flexibility index (Phi) is 5.60. The van der Waals surface area contributed by atoms with E-state index in [0.717, 1.165) is 43.0 Å². The van der Waals surface area contributed by atoms with E-state index < -0.39 is 0 Å². The average molecular weight is 382 g/mol. The molecule has 6 nitrogen and oxygen atoms in total. The average Bonchev–Trinajstić information content (AvgIpc) is 3.22. The lowest BCUT2D eigenvalue weighted by molar-refractivity contribution is 0.122. The van der Waals surface area contributed by atoms with E-state index in [2.05, 4.69) is 39.1 Å². The number of thioether (sulfide) groups is 1. The Morgan fingerprint density at radius 3 is 2.81 bits per heavy atom. The molecule has 1 aliphatic heterocycles. The van der Waals surface area contributed by atoms with Gasteiger partial charge >= 0.3 is 0 Å². The van der Waals surface area contributed by atoms with Crippen LogP contribution in [0.2, 0.25) is 0 Å². The van der Waals surface area contributed by atoms with E-state index in [9.17, 15) is 0 Å². The summed E-state index contributed by atoms with van der Waals surface area (Å²) in [6.07, 6.45) is 3.73. The molecular weight excluding hydrogens is 360 g/mol. The maximum Gasteiger partial charge on any atom is 0.214 e. The topological polar surface area (TPSA) is 52.4 Å². The van der Waals surface area contributed by atoms with E-state index >= 15 is 0 Å². The van der Waals surface area contributed by atoms with Crippen LogP contribution in [-0.4, -0.2) is 47.9 Å². The molecule has 27 heavy (non-hydrogen) atoms. The Hall–Kier alpha value is -2.51. The molecule has 1 aliphatic rings. The predicted octanol–water partition coefficient (Wildman–Crippen LogP) is 3.40. The third-order valence-electron chi connectivity index (χ3n) is 4.47. The maximum absolute atomic E-state index is 5.49. The van der Waals surface area contributed by atoms with Crippen molar-refractivity contribution in [3.63, 3.8) is 0 Å². The normalized spacial score (nSPS) is 14.3. The van der Waals surface area contributed by atoms with Gasteiger partial charge in [-0.25, -0.2) is 4.98 Å². The summed E-state index contributed by atoms with van der Waals surface area (Å²) >= 11 is 1.71. The summed E-state index contributed by atoms with van der Waals surface area (Å²) in [5.41, 5.74) is 2.59. The van der Waals surface area contributed by atoms with Crippen molar-refractivity contribution in [2.24, 2.45) is 0 Å². The first-order chi connectivity index (χ1) is 13.3. The van der Waals surface area contributed by atoms with Gasteiger partial charge < -0.3 is 14.4 Å². The van der Waals surface area contributed by atoms with Gasteiger partial charge in [-0.3, -0.25) is 4.57 Å². The first kappa shape index (κ1) is 17.9. The smallest absolute Gasteiger partial charge is 0.214 e. The Bertz CT molecular complexity index is 893. The molecule has 0 atom stereocenters. The largest absolute Gasteiger partial charge is 0.481 e. The van der Waals surface area contributed by atoms with Gasteiger partial charge in [-0.05, 0) is 17.7 Å². The molecule has 140 valence electrons. The van der Waals surface area contributed by atoms with Crippen LogP contribution in [0.4, 0.5) is 5.69 Å². The van der Waals surface area contributed by atoms with Crippen molar-refractivity contribution in [3.8, 4) is 11.7 Å². The lowest BCUT2D eigenvalue weighted by Crippen LogP contribution is -2.36. The number of hydrogen-bond acceptors (Lipinski definition) is 6. The van der Waals surface area contributed by atoms with Crippen LogP contribution in [0.15, 0.2) is 60.0 Å². The van der Waals surface area contributed by atoms with E-state index in [1.165, 1.54) is 11.3 Å². The minimum absolute atomic E-state index is 0.592. The third-order valence-corrected chi connectivity index (χ3v) is 5.49. The lowest BCUT2D eigenvalue weighted by atomic mass is 10.1. The number of aromatic nitrogens is 3. The fraction of sp³-hybridized carbons (Fsp3) is 0.300. The van der Waals surface area contributed by atoms with Gasteiger partial charge in [0.05, 0.1) is 20.3 Å². The molecule has 0 N–H and O–H groups in total. The first-order valence-electron chi connectivity index (χ1n) is 8.93. The third kappa shape index (κ3) is 4.09. The molecule has 0 unspecified atom stereocenters. The number of anilines is 1. The highest BCUT2D eigenvalue weighted by molar-refractivity contribution is 7.98. The van der Waals surface area contributed by atoms with Gasteiger partial charge in [0, 0.05) is 43.0 Å². The number of pyridine rings is 1. The molecule has 1 aromatic carbocycles. The molecule has 0 bridgehead atoms. The number of morpholine rings is 1. The van der Waals surface area contributed by atoms with Crippen molar-refractivity contribution >= 4 is 17.4 Å². The summed E-state index contributed by atoms with van der Waals surface area (Å²) in [5.74, 6) is 2.24. The highest BCUT2D eigenvalue weighted by Gasteiger charge is 2.15. The standard InChI is InChI=1S/C20H22N4O2S/c1-25-19-8-4-7-18(22-19)24-10-9-21-20(24)27-15-16-5-2-3-6-17(16)23-11-13-26-14-12-23/h2-10H,11-15H2,1H3. The number of benzene rings is 1. The van der Waals surface area contributed by atoms with Crippen LogP contribution in [0.1, 0.15) is 5.56 Å². The predicted molar refractivity (Wildman–Crippen MR) is 107 cm³/mol. The van der Waals surface area contributed by atoms with E-state index in [0.29, 0.717) is 5.88 Å². The summed E-state index contributed by atoms with van der Waals surface area (Å²) < 4.78 is 12.7. The summed E-state index contributed by atoms with van der Waals surface area (Å²) in [4.78, 5) is 11.4. The van der Waals surface area contributed by atoms with Gasteiger partial charge in [-0.2, -0.15) is 4.98 Å².